The van der Waals surface area contributed by atoms with Crippen LogP contribution in [0.2, 0.25) is 5.02 Å². The number of rotatable bonds is 4. The lowest BCUT2D eigenvalue weighted by Crippen LogP contribution is -2.36. The summed E-state index contributed by atoms with van der Waals surface area (Å²) in [5, 5.41) is 0.729. The Morgan fingerprint density at radius 3 is 2.47 bits per heavy atom. The molecule has 94 valence electrons. The molecular weight excluding hydrogens is 256 g/mol. The van der Waals surface area contributed by atoms with E-state index in [2.05, 4.69) is 12.6 Å². The van der Waals surface area contributed by atoms with E-state index in [0.29, 0.717) is 6.61 Å². The molecule has 0 aliphatic carbocycles. The maximum atomic E-state index is 5.83. The molecule has 0 spiro atoms. The summed E-state index contributed by atoms with van der Waals surface area (Å²) in [5.41, 5.74) is 0.154. The summed E-state index contributed by atoms with van der Waals surface area (Å²) in [6.45, 7) is 2.32. The molecule has 1 aromatic rings. The van der Waals surface area contributed by atoms with Crippen LogP contribution in [0.25, 0.3) is 0 Å². The molecular formula is C13H17ClO2S. The fourth-order valence-corrected chi connectivity index (χ4v) is 2.45. The summed E-state index contributed by atoms with van der Waals surface area (Å²) >= 11 is 10.3. The van der Waals surface area contributed by atoms with Crippen LogP contribution in [0.4, 0.5) is 0 Å². The molecule has 1 aromatic carbocycles. The lowest BCUT2D eigenvalue weighted by atomic mass is 9.83. The Balaban J connectivity index is 1.93. The molecule has 1 aliphatic heterocycles. The van der Waals surface area contributed by atoms with Crippen molar-refractivity contribution in [2.45, 2.75) is 12.8 Å². The van der Waals surface area contributed by atoms with Gasteiger partial charge in [0.1, 0.15) is 5.75 Å². The zero-order valence-electron chi connectivity index (χ0n) is 9.69. The SMILES string of the molecule is SCC1(COc2ccc(Cl)cc2)CCOCC1. The minimum atomic E-state index is 0.154. The number of ether oxygens (including phenoxy) is 2. The molecule has 0 saturated carbocycles. The van der Waals surface area contributed by atoms with Crippen LogP contribution in [0.15, 0.2) is 24.3 Å². The fourth-order valence-electron chi connectivity index (χ4n) is 1.92. The van der Waals surface area contributed by atoms with Gasteiger partial charge in [-0.1, -0.05) is 11.6 Å². The molecule has 0 unspecified atom stereocenters. The van der Waals surface area contributed by atoms with E-state index in [0.717, 1.165) is 42.6 Å². The molecule has 1 fully saturated rings. The minimum Gasteiger partial charge on any atom is -0.493 e. The number of hydrogen-bond acceptors (Lipinski definition) is 3. The second kappa shape index (κ2) is 5.98. The van der Waals surface area contributed by atoms with Gasteiger partial charge in [-0.25, -0.2) is 0 Å². The van der Waals surface area contributed by atoms with Crippen LogP contribution in [0.3, 0.4) is 0 Å². The Bertz CT molecular complexity index is 347. The van der Waals surface area contributed by atoms with Crippen molar-refractivity contribution in [1.82, 2.24) is 0 Å². The van der Waals surface area contributed by atoms with Crippen molar-refractivity contribution >= 4 is 24.2 Å². The number of benzene rings is 1. The van der Waals surface area contributed by atoms with Crippen LogP contribution in [-0.2, 0) is 4.74 Å². The maximum Gasteiger partial charge on any atom is 0.119 e. The number of hydrogen-bond donors (Lipinski definition) is 1. The third-order valence-corrected chi connectivity index (χ3v) is 4.17. The molecule has 0 amide bonds. The lowest BCUT2D eigenvalue weighted by Gasteiger charge is -2.35. The average molecular weight is 273 g/mol. The zero-order chi connectivity index (χ0) is 12.1. The molecule has 0 atom stereocenters. The summed E-state index contributed by atoms with van der Waals surface area (Å²) in [6.07, 6.45) is 2.04. The Morgan fingerprint density at radius 1 is 1.24 bits per heavy atom. The first-order chi connectivity index (χ1) is 8.24. The molecule has 1 aliphatic rings. The largest absolute Gasteiger partial charge is 0.493 e. The lowest BCUT2D eigenvalue weighted by molar-refractivity contribution is 0.00311. The first-order valence-corrected chi connectivity index (χ1v) is 6.82. The van der Waals surface area contributed by atoms with Gasteiger partial charge in [-0.3, -0.25) is 0 Å². The Hall–Kier alpha value is -0.380. The highest BCUT2D eigenvalue weighted by atomic mass is 35.5. The minimum absolute atomic E-state index is 0.154. The van der Waals surface area contributed by atoms with Crippen LogP contribution in [0, 0.1) is 5.41 Å². The molecule has 0 aromatic heterocycles. The van der Waals surface area contributed by atoms with Crippen molar-refractivity contribution in [3.63, 3.8) is 0 Å². The predicted molar refractivity (Wildman–Crippen MR) is 73.3 cm³/mol. The molecule has 2 nitrogen and oxygen atoms in total. The van der Waals surface area contributed by atoms with Gasteiger partial charge in [0.25, 0.3) is 0 Å². The van der Waals surface area contributed by atoms with Gasteiger partial charge in [0, 0.05) is 23.7 Å². The van der Waals surface area contributed by atoms with Crippen molar-refractivity contribution in [2.75, 3.05) is 25.6 Å². The van der Waals surface area contributed by atoms with Crippen LogP contribution in [0.1, 0.15) is 12.8 Å². The van der Waals surface area contributed by atoms with Crippen molar-refractivity contribution in [1.29, 1.82) is 0 Å². The van der Waals surface area contributed by atoms with Gasteiger partial charge >= 0.3 is 0 Å². The molecule has 0 N–H and O–H groups in total. The smallest absolute Gasteiger partial charge is 0.119 e. The molecule has 0 radical (unpaired) electrons. The van der Waals surface area contributed by atoms with Crippen molar-refractivity contribution in [3.05, 3.63) is 29.3 Å². The maximum absolute atomic E-state index is 5.83. The summed E-state index contributed by atoms with van der Waals surface area (Å²) in [4.78, 5) is 0. The Morgan fingerprint density at radius 2 is 1.88 bits per heavy atom. The monoisotopic (exact) mass is 272 g/mol. The van der Waals surface area contributed by atoms with Gasteiger partial charge in [-0.05, 0) is 42.9 Å². The van der Waals surface area contributed by atoms with Crippen LogP contribution < -0.4 is 4.74 Å². The van der Waals surface area contributed by atoms with Crippen molar-refractivity contribution in [3.8, 4) is 5.75 Å². The van der Waals surface area contributed by atoms with E-state index in [1.54, 1.807) is 0 Å². The topological polar surface area (TPSA) is 18.5 Å². The summed E-state index contributed by atoms with van der Waals surface area (Å²) < 4.78 is 11.2. The third-order valence-electron chi connectivity index (χ3n) is 3.25. The third kappa shape index (κ3) is 3.54. The first kappa shape index (κ1) is 13.1. The molecule has 2 rings (SSSR count). The molecule has 1 saturated heterocycles. The van der Waals surface area contributed by atoms with Crippen LogP contribution in [-0.4, -0.2) is 25.6 Å². The van der Waals surface area contributed by atoms with E-state index in [-0.39, 0.29) is 5.41 Å². The van der Waals surface area contributed by atoms with Crippen LogP contribution in [0.5, 0.6) is 5.75 Å². The van der Waals surface area contributed by atoms with Gasteiger partial charge in [-0.15, -0.1) is 0 Å². The van der Waals surface area contributed by atoms with Gasteiger partial charge in [0.05, 0.1) is 6.61 Å². The van der Waals surface area contributed by atoms with E-state index >= 15 is 0 Å². The standard InChI is InChI=1S/C13H17ClO2S/c14-11-1-3-12(4-2-11)16-9-13(10-17)5-7-15-8-6-13/h1-4,17H,5-10H2. The molecule has 1 heterocycles. The van der Waals surface area contributed by atoms with E-state index in [1.165, 1.54) is 0 Å². The number of thiol groups is 1. The van der Waals surface area contributed by atoms with Crippen molar-refractivity contribution < 1.29 is 9.47 Å². The van der Waals surface area contributed by atoms with E-state index < -0.39 is 0 Å². The van der Waals surface area contributed by atoms with Gasteiger partial charge < -0.3 is 9.47 Å². The summed E-state index contributed by atoms with van der Waals surface area (Å²) in [5.74, 6) is 1.70. The Labute approximate surface area is 113 Å². The van der Waals surface area contributed by atoms with Crippen LogP contribution >= 0.6 is 24.2 Å². The van der Waals surface area contributed by atoms with Gasteiger partial charge in [0.2, 0.25) is 0 Å². The Kier molecular flexibility index (Phi) is 4.60. The first-order valence-electron chi connectivity index (χ1n) is 5.81. The summed E-state index contributed by atoms with van der Waals surface area (Å²) in [7, 11) is 0. The zero-order valence-corrected chi connectivity index (χ0v) is 11.3. The van der Waals surface area contributed by atoms with Crippen molar-refractivity contribution in [2.24, 2.45) is 5.41 Å². The summed E-state index contributed by atoms with van der Waals surface area (Å²) in [6, 6.07) is 7.48. The second-order valence-electron chi connectivity index (χ2n) is 4.51. The molecule has 0 bridgehead atoms. The average Bonchev–Trinajstić information content (AvgIpc) is 2.39. The highest BCUT2D eigenvalue weighted by Gasteiger charge is 2.32. The highest BCUT2D eigenvalue weighted by molar-refractivity contribution is 7.80. The van der Waals surface area contributed by atoms with E-state index in [9.17, 15) is 0 Å². The van der Waals surface area contributed by atoms with Gasteiger partial charge in [-0.2, -0.15) is 12.6 Å². The normalized spacial score (nSPS) is 18.9. The van der Waals surface area contributed by atoms with Gasteiger partial charge in [0.15, 0.2) is 0 Å². The molecule has 17 heavy (non-hydrogen) atoms. The second-order valence-corrected chi connectivity index (χ2v) is 5.27. The van der Waals surface area contributed by atoms with E-state index in [4.69, 9.17) is 21.1 Å². The quantitative estimate of drug-likeness (QED) is 0.847. The predicted octanol–water partition coefficient (Wildman–Crippen LogP) is 3.45. The highest BCUT2D eigenvalue weighted by Crippen LogP contribution is 2.32. The fraction of sp³-hybridized carbons (Fsp3) is 0.538. The van der Waals surface area contributed by atoms with E-state index in [1.807, 2.05) is 24.3 Å². The molecule has 4 heteroatoms. The number of halogens is 1.